The molecule has 2 heterocycles. The van der Waals surface area contributed by atoms with Gasteiger partial charge in [-0.25, -0.2) is 9.36 Å². The fourth-order valence-electron chi connectivity index (χ4n) is 2.31. The van der Waals surface area contributed by atoms with Crippen LogP contribution in [0, 0.1) is 0 Å². The summed E-state index contributed by atoms with van der Waals surface area (Å²) in [5.41, 5.74) is 1.60. The highest BCUT2D eigenvalue weighted by Gasteiger charge is 2.11. The molecule has 2 aromatic heterocycles. The van der Waals surface area contributed by atoms with Crippen LogP contribution < -0.4 is 5.76 Å². The second-order valence-electron chi connectivity index (χ2n) is 5.15. The van der Waals surface area contributed by atoms with Gasteiger partial charge in [0.2, 0.25) is 5.82 Å². The van der Waals surface area contributed by atoms with Crippen LogP contribution in [0.3, 0.4) is 0 Å². The maximum absolute atomic E-state index is 11.9. The van der Waals surface area contributed by atoms with E-state index in [-0.39, 0.29) is 5.89 Å². The van der Waals surface area contributed by atoms with Gasteiger partial charge in [-0.05, 0) is 0 Å². The van der Waals surface area contributed by atoms with Gasteiger partial charge in [-0.3, -0.25) is 4.52 Å². The first-order valence-electron chi connectivity index (χ1n) is 7.52. The summed E-state index contributed by atoms with van der Waals surface area (Å²) in [7, 11) is 0. The van der Waals surface area contributed by atoms with E-state index in [1.54, 1.807) is 0 Å². The van der Waals surface area contributed by atoms with Crippen LogP contribution in [0.15, 0.2) is 74.5 Å². The molecule has 0 atom stereocenters. The van der Waals surface area contributed by atoms with Crippen molar-refractivity contribution in [1.29, 1.82) is 0 Å². The van der Waals surface area contributed by atoms with Crippen molar-refractivity contribution in [2.45, 2.75) is 0 Å². The predicted octanol–water partition coefficient (Wildman–Crippen LogP) is 3.18. The minimum absolute atomic E-state index is 0.269. The van der Waals surface area contributed by atoms with E-state index in [4.69, 9.17) is 9.05 Å². The molecule has 0 unspecified atom stereocenters. The highest BCUT2D eigenvalue weighted by atomic mass is 16.5. The Morgan fingerprint density at radius 2 is 1.52 bits per heavy atom. The zero-order chi connectivity index (χ0) is 17.1. The fourth-order valence-corrected chi connectivity index (χ4v) is 2.31. The fraction of sp³-hybridized carbons (Fsp3) is 0. The van der Waals surface area contributed by atoms with Crippen molar-refractivity contribution >= 4 is 12.3 Å². The average Bonchev–Trinajstić information content (AvgIpc) is 3.28. The Kier molecular flexibility index (Phi) is 3.80. The molecular formula is C18H12N4O3. The van der Waals surface area contributed by atoms with Crippen LogP contribution in [-0.2, 0) is 0 Å². The van der Waals surface area contributed by atoms with Crippen LogP contribution in [0.2, 0.25) is 0 Å². The highest BCUT2D eigenvalue weighted by molar-refractivity contribution is 5.63. The van der Waals surface area contributed by atoms with Crippen LogP contribution in [0.25, 0.3) is 35.1 Å². The number of hydrogen-bond acceptors (Lipinski definition) is 6. The standard InChI is InChI=1S/C18H12N4O3/c23-18-22(17(21-25-18)14-9-5-2-6-10-14)12-11-15-19-16(20-24-15)13-7-3-1-4-8-13/h1-12H/b12-11-. The van der Waals surface area contributed by atoms with Crippen LogP contribution in [0.1, 0.15) is 5.89 Å². The molecule has 4 aromatic rings. The summed E-state index contributed by atoms with van der Waals surface area (Å²) in [4.78, 5) is 16.2. The minimum atomic E-state index is -0.599. The lowest BCUT2D eigenvalue weighted by Crippen LogP contribution is -2.09. The normalized spacial score (nSPS) is 11.2. The Morgan fingerprint density at radius 1 is 0.840 bits per heavy atom. The van der Waals surface area contributed by atoms with Gasteiger partial charge in [0.25, 0.3) is 5.89 Å². The van der Waals surface area contributed by atoms with E-state index in [0.29, 0.717) is 11.6 Å². The maximum Gasteiger partial charge on any atom is 0.446 e. The van der Waals surface area contributed by atoms with E-state index in [2.05, 4.69) is 15.3 Å². The summed E-state index contributed by atoms with van der Waals surface area (Å²) in [6.07, 6.45) is 3.02. The van der Waals surface area contributed by atoms with Gasteiger partial charge >= 0.3 is 5.76 Å². The lowest BCUT2D eigenvalue weighted by atomic mass is 10.2. The third kappa shape index (κ3) is 3.02. The molecule has 0 aliphatic carbocycles. The van der Waals surface area contributed by atoms with Crippen molar-refractivity contribution in [2.75, 3.05) is 0 Å². The van der Waals surface area contributed by atoms with Crippen molar-refractivity contribution in [1.82, 2.24) is 19.9 Å². The average molecular weight is 332 g/mol. The van der Waals surface area contributed by atoms with Gasteiger partial charge in [-0.1, -0.05) is 71.0 Å². The van der Waals surface area contributed by atoms with Crippen molar-refractivity contribution in [3.63, 3.8) is 0 Å². The van der Waals surface area contributed by atoms with Gasteiger partial charge in [0, 0.05) is 23.4 Å². The molecule has 7 nitrogen and oxygen atoms in total. The van der Waals surface area contributed by atoms with Gasteiger partial charge in [0.15, 0.2) is 5.82 Å². The molecule has 0 aliphatic heterocycles. The predicted molar refractivity (Wildman–Crippen MR) is 91.2 cm³/mol. The first kappa shape index (κ1) is 14.8. The van der Waals surface area contributed by atoms with Crippen LogP contribution in [0.4, 0.5) is 0 Å². The summed E-state index contributed by atoms with van der Waals surface area (Å²) in [6, 6.07) is 18.7. The van der Waals surface area contributed by atoms with E-state index in [9.17, 15) is 4.79 Å². The van der Waals surface area contributed by atoms with Gasteiger partial charge in [0.05, 0.1) is 0 Å². The van der Waals surface area contributed by atoms with E-state index in [1.807, 2.05) is 60.7 Å². The largest absolute Gasteiger partial charge is 0.446 e. The molecule has 0 bridgehead atoms. The monoisotopic (exact) mass is 332 g/mol. The molecule has 0 radical (unpaired) electrons. The number of hydrogen-bond donors (Lipinski definition) is 0. The summed E-state index contributed by atoms with van der Waals surface area (Å²) in [5, 5.41) is 7.73. The van der Waals surface area contributed by atoms with Crippen LogP contribution >= 0.6 is 0 Å². The quantitative estimate of drug-likeness (QED) is 0.570. The van der Waals surface area contributed by atoms with Crippen molar-refractivity contribution in [3.05, 3.63) is 77.1 Å². The summed E-state index contributed by atoms with van der Waals surface area (Å²) in [6.45, 7) is 0. The van der Waals surface area contributed by atoms with Crippen LogP contribution in [0.5, 0.6) is 0 Å². The van der Waals surface area contributed by atoms with Crippen molar-refractivity contribution < 1.29 is 9.05 Å². The Morgan fingerprint density at radius 3 is 2.24 bits per heavy atom. The minimum Gasteiger partial charge on any atom is -0.334 e. The molecule has 0 N–H and O–H groups in total. The molecule has 4 rings (SSSR count). The van der Waals surface area contributed by atoms with Gasteiger partial charge in [0.1, 0.15) is 0 Å². The molecule has 0 aliphatic rings. The lowest BCUT2D eigenvalue weighted by molar-refractivity contribution is 0.384. The first-order chi connectivity index (χ1) is 12.3. The zero-order valence-electron chi connectivity index (χ0n) is 12.9. The smallest absolute Gasteiger partial charge is 0.334 e. The zero-order valence-corrected chi connectivity index (χ0v) is 12.9. The number of aromatic nitrogens is 4. The summed E-state index contributed by atoms with van der Waals surface area (Å²) >= 11 is 0. The second-order valence-corrected chi connectivity index (χ2v) is 5.15. The number of rotatable bonds is 4. The molecule has 0 saturated heterocycles. The lowest BCUT2D eigenvalue weighted by Gasteiger charge is -1.97. The van der Waals surface area contributed by atoms with Gasteiger partial charge in [-0.2, -0.15) is 4.98 Å². The summed E-state index contributed by atoms with van der Waals surface area (Å²) < 4.78 is 11.2. The molecule has 0 fully saturated rings. The van der Waals surface area contributed by atoms with Gasteiger partial charge in [-0.15, -0.1) is 0 Å². The molecule has 0 saturated carbocycles. The van der Waals surface area contributed by atoms with Gasteiger partial charge < -0.3 is 4.52 Å². The third-order valence-corrected chi connectivity index (χ3v) is 3.51. The van der Waals surface area contributed by atoms with Crippen molar-refractivity contribution in [3.8, 4) is 22.8 Å². The number of benzene rings is 2. The molecular weight excluding hydrogens is 320 g/mol. The molecule has 122 valence electrons. The maximum atomic E-state index is 11.9. The van der Waals surface area contributed by atoms with E-state index >= 15 is 0 Å². The van der Waals surface area contributed by atoms with E-state index < -0.39 is 5.76 Å². The van der Waals surface area contributed by atoms with Crippen molar-refractivity contribution in [2.24, 2.45) is 0 Å². The highest BCUT2D eigenvalue weighted by Crippen LogP contribution is 2.17. The van der Waals surface area contributed by atoms with E-state index in [0.717, 1.165) is 11.1 Å². The SMILES string of the molecule is O=c1onc(-c2ccccc2)n1/C=C\c1nc(-c2ccccc2)no1. The second kappa shape index (κ2) is 6.40. The molecule has 25 heavy (non-hydrogen) atoms. The number of nitrogens with zero attached hydrogens (tertiary/aromatic N) is 4. The first-order valence-corrected chi connectivity index (χ1v) is 7.52. The van der Waals surface area contributed by atoms with Crippen LogP contribution in [-0.4, -0.2) is 19.9 Å². The molecule has 0 spiro atoms. The molecule has 7 heteroatoms. The molecule has 0 amide bonds. The third-order valence-electron chi connectivity index (χ3n) is 3.51. The Labute approximate surface area is 141 Å². The Hall–Kier alpha value is -3.74. The van der Waals surface area contributed by atoms with E-state index in [1.165, 1.54) is 16.8 Å². The Balaban J connectivity index is 1.65. The Bertz CT molecular complexity index is 1060. The topological polar surface area (TPSA) is 87.0 Å². The molecule has 2 aromatic carbocycles. The summed E-state index contributed by atoms with van der Waals surface area (Å²) in [5.74, 6) is 0.537.